The number of aliphatic hydroxyl groups is 1. The van der Waals surface area contributed by atoms with Crippen LogP contribution in [0.2, 0.25) is 0 Å². The quantitative estimate of drug-likeness (QED) is 0.457. The second-order valence-corrected chi connectivity index (χ2v) is 12.5. The number of amides is 3. The van der Waals surface area contributed by atoms with E-state index in [9.17, 15) is 19.5 Å². The van der Waals surface area contributed by atoms with Crippen molar-refractivity contribution in [3.63, 3.8) is 0 Å². The fourth-order valence-corrected chi connectivity index (χ4v) is 9.02. The van der Waals surface area contributed by atoms with Gasteiger partial charge in [-0.05, 0) is 31.9 Å². The van der Waals surface area contributed by atoms with E-state index < -0.39 is 27.4 Å². The molecule has 3 amide bonds. The smallest absolute Gasteiger partial charge is 0.248 e. The summed E-state index contributed by atoms with van der Waals surface area (Å²) in [5.41, 5.74) is 1.51. The van der Waals surface area contributed by atoms with Gasteiger partial charge in [0.15, 0.2) is 0 Å². The Hall–Kier alpha value is -3.18. The number of nitrogens with zero attached hydrogens (tertiary/aromatic N) is 6. The Morgan fingerprint density at radius 2 is 1.95 bits per heavy atom. The van der Waals surface area contributed by atoms with Crippen molar-refractivity contribution in [2.24, 2.45) is 11.8 Å². The second kappa shape index (κ2) is 9.85. The number of β-amino-alcohol motifs (C(OH)–C–C–N with tert-alkyl or cyclic N) is 1. The first-order valence-electron chi connectivity index (χ1n) is 12.9. The summed E-state index contributed by atoms with van der Waals surface area (Å²) in [6, 6.07) is 6.71. The Kier molecular flexibility index (Phi) is 6.85. The van der Waals surface area contributed by atoms with Gasteiger partial charge < -0.3 is 19.8 Å². The van der Waals surface area contributed by atoms with Gasteiger partial charge in [-0.1, -0.05) is 29.5 Å². The second-order valence-electron chi connectivity index (χ2n) is 10.6. The summed E-state index contributed by atoms with van der Waals surface area (Å²) < 4.78 is 0.454. The predicted octanol–water partition coefficient (Wildman–Crippen LogP) is 1.52. The maximum Gasteiger partial charge on any atom is 0.248 e. The van der Waals surface area contributed by atoms with Crippen molar-refractivity contribution in [2.45, 2.75) is 42.0 Å². The molecule has 5 atom stereocenters. The van der Waals surface area contributed by atoms with E-state index in [0.717, 1.165) is 17.5 Å². The largest absolute Gasteiger partial charge is 0.395 e. The highest BCUT2D eigenvalue weighted by Crippen LogP contribution is 2.71. The van der Waals surface area contributed by atoms with Crippen molar-refractivity contribution in [1.82, 2.24) is 29.7 Å². The summed E-state index contributed by atoms with van der Waals surface area (Å²) in [6.07, 6.45) is 4.69. The number of hydrogen-bond donors (Lipinski definition) is 1. The van der Waals surface area contributed by atoms with E-state index in [-0.39, 0.29) is 44.1 Å². The summed E-state index contributed by atoms with van der Waals surface area (Å²) in [7, 11) is 1.72. The SMILES string of the molecule is C=CCN(C)C(=O)[C@@H]1[C@H]2C(=O)N(CCO)C(C(=O)N(CC=C)Cn3nnc4ccccc43)C23CC[C@@]1(C)S3. The number of carbonyl (C=O) groups is 3. The van der Waals surface area contributed by atoms with E-state index in [4.69, 9.17) is 0 Å². The van der Waals surface area contributed by atoms with Crippen LogP contribution >= 0.6 is 11.8 Å². The number of aliphatic hydroxyl groups excluding tert-OH is 1. The fourth-order valence-electron chi connectivity index (χ4n) is 6.68. The molecular weight excluding hydrogens is 504 g/mol. The van der Waals surface area contributed by atoms with E-state index in [1.54, 1.807) is 45.4 Å². The molecular formula is C27H34N6O4S. The highest BCUT2D eigenvalue weighted by atomic mass is 32.2. The van der Waals surface area contributed by atoms with Gasteiger partial charge in [-0.25, -0.2) is 4.68 Å². The molecule has 3 fully saturated rings. The maximum absolute atomic E-state index is 14.4. The molecule has 1 spiro atoms. The number of likely N-dealkylation sites (N-methyl/N-ethyl adjacent to an activating group) is 1. The van der Waals surface area contributed by atoms with Gasteiger partial charge in [-0.2, -0.15) is 0 Å². The number of fused-ring (bicyclic) bond motifs is 2. The molecule has 202 valence electrons. The Balaban J connectivity index is 1.53. The first-order valence-corrected chi connectivity index (χ1v) is 13.7. The minimum atomic E-state index is -0.809. The number of rotatable bonds is 10. The topological polar surface area (TPSA) is 112 Å². The van der Waals surface area contributed by atoms with Crippen LogP contribution in [0.5, 0.6) is 0 Å². The number of hydrogen-bond acceptors (Lipinski definition) is 7. The van der Waals surface area contributed by atoms with Crippen LogP contribution in [-0.4, -0.2) is 101 Å². The highest BCUT2D eigenvalue weighted by Gasteiger charge is 2.77. The van der Waals surface area contributed by atoms with E-state index in [1.807, 2.05) is 31.2 Å². The third-order valence-corrected chi connectivity index (χ3v) is 10.3. The Morgan fingerprint density at radius 3 is 2.66 bits per heavy atom. The monoisotopic (exact) mass is 538 g/mol. The number of likely N-dealkylation sites (tertiary alicyclic amines) is 1. The van der Waals surface area contributed by atoms with Crippen LogP contribution in [0.25, 0.3) is 11.0 Å². The van der Waals surface area contributed by atoms with Crippen LogP contribution in [0.4, 0.5) is 0 Å². The lowest BCUT2D eigenvalue weighted by molar-refractivity contribution is -0.145. The molecule has 2 bridgehead atoms. The molecule has 0 aliphatic carbocycles. The van der Waals surface area contributed by atoms with Crippen molar-refractivity contribution < 1.29 is 19.5 Å². The predicted molar refractivity (Wildman–Crippen MR) is 145 cm³/mol. The van der Waals surface area contributed by atoms with E-state index in [0.29, 0.717) is 13.0 Å². The molecule has 0 saturated carbocycles. The minimum absolute atomic E-state index is 0.0301. The highest BCUT2D eigenvalue weighted by molar-refractivity contribution is 8.02. The van der Waals surface area contributed by atoms with Gasteiger partial charge in [0.25, 0.3) is 0 Å². The summed E-state index contributed by atoms with van der Waals surface area (Å²) in [5.74, 6) is -1.76. The molecule has 0 radical (unpaired) electrons. The minimum Gasteiger partial charge on any atom is -0.395 e. The molecule has 3 aliphatic rings. The van der Waals surface area contributed by atoms with E-state index in [1.165, 1.54) is 4.90 Å². The Labute approximate surface area is 226 Å². The molecule has 2 aromatic rings. The van der Waals surface area contributed by atoms with E-state index >= 15 is 0 Å². The molecule has 5 rings (SSSR count). The molecule has 1 aromatic heterocycles. The van der Waals surface area contributed by atoms with Gasteiger partial charge in [0, 0.05) is 31.4 Å². The first kappa shape index (κ1) is 26.4. The van der Waals surface area contributed by atoms with Crippen LogP contribution in [0.3, 0.4) is 0 Å². The molecule has 4 heterocycles. The van der Waals surface area contributed by atoms with Gasteiger partial charge in [-0.15, -0.1) is 30.0 Å². The molecule has 1 N–H and O–H groups in total. The number of para-hydroxylation sites is 1. The molecule has 38 heavy (non-hydrogen) atoms. The van der Waals surface area contributed by atoms with Crippen molar-refractivity contribution in [1.29, 1.82) is 0 Å². The van der Waals surface area contributed by atoms with Gasteiger partial charge in [-0.3, -0.25) is 14.4 Å². The van der Waals surface area contributed by atoms with Crippen molar-refractivity contribution >= 4 is 40.5 Å². The van der Waals surface area contributed by atoms with Gasteiger partial charge in [0.1, 0.15) is 18.2 Å². The lowest BCUT2D eigenvalue weighted by atomic mass is 9.66. The molecule has 3 saturated heterocycles. The zero-order valence-electron chi connectivity index (χ0n) is 21.8. The molecule has 11 heteroatoms. The average molecular weight is 539 g/mol. The van der Waals surface area contributed by atoms with Crippen LogP contribution in [0, 0.1) is 11.8 Å². The van der Waals surface area contributed by atoms with Crippen molar-refractivity contribution in [2.75, 3.05) is 33.3 Å². The van der Waals surface area contributed by atoms with Gasteiger partial charge >= 0.3 is 0 Å². The molecule has 3 aliphatic heterocycles. The maximum atomic E-state index is 14.4. The summed E-state index contributed by atoms with van der Waals surface area (Å²) in [6.45, 7) is 10.1. The standard InChI is InChI=1S/C27H34N6O4S/c1-5-13-30(4)23(35)20-21-24(36)32(15-16-34)22(27(21)12-11-26(20,3)38-27)25(37)31(14-6-2)17-33-19-10-8-7-9-18(19)28-29-33/h5-10,20-22,34H,1-2,11-17H2,3-4H3/t20-,21-,22?,26+,27?/m0/s1. The molecule has 2 unspecified atom stereocenters. The van der Waals surface area contributed by atoms with Gasteiger partial charge in [0.05, 0.1) is 28.7 Å². The fraction of sp³-hybridized carbons (Fsp3) is 0.519. The van der Waals surface area contributed by atoms with E-state index in [2.05, 4.69) is 23.5 Å². The Bertz CT molecular complexity index is 1300. The molecule has 1 aromatic carbocycles. The number of carbonyl (C=O) groups excluding carboxylic acids is 3. The van der Waals surface area contributed by atoms with Gasteiger partial charge in [0.2, 0.25) is 17.7 Å². The zero-order valence-corrected chi connectivity index (χ0v) is 22.6. The van der Waals surface area contributed by atoms with Crippen LogP contribution in [-0.2, 0) is 21.1 Å². The lowest BCUT2D eigenvalue weighted by Crippen LogP contribution is -2.55. The summed E-state index contributed by atoms with van der Waals surface area (Å²) in [5, 5.41) is 18.3. The third kappa shape index (κ3) is 3.86. The Morgan fingerprint density at radius 1 is 1.21 bits per heavy atom. The summed E-state index contributed by atoms with van der Waals surface area (Å²) >= 11 is 1.61. The average Bonchev–Trinajstić information content (AvgIpc) is 3.60. The first-order chi connectivity index (χ1) is 18.2. The summed E-state index contributed by atoms with van der Waals surface area (Å²) in [4.78, 5) is 46.8. The van der Waals surface area contributed by atoms with Crippen molar-refractivity contribution in [3.8, 4) is 0 Å². The normalized spacial score (nSPS) is 29.5. The van der Waals surface area contributed by atoms with Crippen molar-refractivity contribution in [3.05, 3.63) is 49.6 Å². The third-order valence-electron chi connectivity index (χ3n) is 8.28. The molecule has 10 nitrogen and oxygen atoms in total. The number of aromatic nitrogens is 3. The lowest BCUT2D eigenvalue weighted by Gasteiger charge is -2.37. The van der Waals surface area contributed by atoms with Crippen LogP contribution in [0.1, 0.15) is 19.8 Å². The number of benzene rings is 1. The number of thioether (sulfide) groups is 1. The zero-order chi connectivity index (χ0) is 27.2. The van der Waals surface area contributed by atoms with Crippen LogP contribution < -0.4 is 0 Å². The van der Waals surface area contributed by atoms with Crippen LogP contribution in [0.15, 0.2) is 49.6 Å².